The first-order valence-corrected chi connectivity index (χ1v) is 29.9. The van der Waals surface area contributed by atoms with Crippen molar-refractivity contribution in [1.82, 2.24) is 67.0 Å². The SMILES string of the molecule is Cc1ccc2ncn(CC(=O)N[C@@H](CCCN=C(N)N)C(=O)N[C@@H](Cc3cnc[nH]3)C(=O)N[C@@H](Cc3ccc(O)cc3)C(=O)N[C@@H](CC(C)C)C(=O)N[C@@H](CC(N)=O)C(=O)N[C@@H](Cc3c[nH]c4ccccc34)C(=O)N[C@H](C(=O)N[C@H](C)[C@@H](C)O)C(C)C)c(=O)c2c1. The second kappa shape index (κ2) is 32.9. The van der Waals surface area contributed by atoms with Crippen molar-refractivity contribution in [2.45, 2.75) is 154 Å². The van der Waals surface area contributed by atoms with Crippen molar-refractivity contribution in [2.24, 2.45) is 34.0 Å². The van der Waals surface area contributed by atoms with Crippen LogP contribution < -0.4 is 65.3 Å². The number of hydrogen-bond acceptors (Lipinski definition) is 15. The number of phenolic OH excluding ortho intramolecular Hbond substituents is 1. The van der Waals surface area contributed by atoms with Gasteiger partial charge in [0.05, 0.1) is 42.1 Å². The molecular formula is C62H83N17O12. The molecule has 3 aromatic carbocycles. The number of amides is 9. The van der Waals surface area contributed by atoms with Crippen molar-refractivity contribution in [2.75, 3.05) is 6.54 Å². The van der Waals surface area contributed by atoms with Gasteiger partial charge < -0.3 is 79.9 Å². The number of carbonyl (C=O) groups is 9. The molecule has 3 aromatic heterocycles. The number of carbonyl (C=O) groups excluding carboxylic acids is 9. The van der Waals surface area contributed by atoms with E-state index in [1.165, 1.54) is 50.0 Å². The van der Waals surface area contributed by atoms with Crippen molar-refractivity contribution in [1.29, 1.82) is 0 Å². The summed E-state index contributed by atoms with van der Waals surface area (Å²) >= 11 is 0. The molecule has 0 aliphatic carbocycles. The third kappa shape index (κ3) is 21.0. The van der Waals surface area contributed by atoms with E-state index in [-0.39, 0.29) is 68.1 Å². The molecular weight excluding hydrogens is 1170 g/mol. The maximum atomic E-state index is 14.8. The number of aromatic nitrogens is 5. The summed E-state index contributed by atoms with van der Waals surface area (Å²) in [7, 11) is 0. The van der Waals surface area contributed by atoms with Crippen molar-refractivity contribution < 1.29 is 53.4 Å². The Labute approximate surface area is 524 Å². The third-order valence-electron chi connectivity index (χ3n) is 15.0. The molecule has 0 bridgehead atoms. The lowest BCUT2D eigenvalue weighted by atomic mass is 9.99. The lowest BCUT2D eigenvalue weighted by molar-refractivity contribution is -0.136. The van der Waals surface area contributed by atoms with Crippen LogP contribution in [0.3, 0.4) is 0 Å². The molecule has 488 valence electrons. The Kier molecular flexibility index (Phi) is 25.2. The largest absolute Gasteiger partial charge is 0.508 e. The summed E-state index contributed by atoms with van der Waals surface area (Å²) in [5.41, 5.74) is 19.6. The Bertz CT molecular complexity index is 3620. The van der Waals surface area contributed by atoms with Gasteiger partial charge in [-0.25, -0.2) is 9.97 Å². The Hall–Kier alpha value is -10.2. The molecule has 29 heteroatoms. The number of primary amides is 1. The number of nitrogens with two attached hydrogens (primary N) is 3. The van der Waals surface area contributed by atoms with E-state index in [0.29, 0.717) is 22.3 Å². The number of benzene rings is 3. The average molecular weight is 1260 g/mol. The minimum absolute atomic E-state index is 0.0517. The number of nitrogens with one attached hydrogen (secondary N) is 10. The van der Waals surface area contributed by atoms with Crippen molar-refractivity contribution >= 4 is 80.9 Å². The van der Waals surface area contributed by atoms with E-state index in [1.54, 1.807) is 84.1 Å². The zero-order chi connectivity index (χ0) is 66.6. The van der Waals surface area contributed by atoms with Crippen LogP contribution in [0.25, 0.3) is 21.8 Å². The number of nitrogens with zero attached hydrogens (tertiary/aromatic N) is 4. The summed E-state index contributed by atoms with van der Waals surface area (Å²) in [5, 5.41) is 42.6. The van der Waals surface area contributed by atoms with Gasteiger partial charge in [-0.3, -0.25) is 57.5 Å². The lowest BCUT2D eigenvalue weighted by Crippen LogP contribution is -2.61. The number of aromatic amines is 2. The van der Waals surface area contributed by atoms with Crippen LogP contribution in [0.2, 0.25) is 0 Å². The molecule has 18 N–H and O–H groups in total. The lowest BCUT2D eigenvalue weighted by Gasteiger charge is -2.29. The molecule has 29 nitrogen and oxygen atoms in total. The van der Waals surface area contributed by atoms with E-state index in [2.05, 4.69) is 67.5 Å². The van der Waals surface area contributed by atoms with Gasteiger partial charge in [0.1, 0.15) is 54.6 Å². The van der Waals surface area contributed by atoms with E-state index < -0.39 is 132 Å². The summed E-state index contributed by atoms with van der Waals surface area (Å²) in [6.45, 7) is 11.3. The van der Waals surface area contributed by atoms with E-state index in [4.69, 9.17) is 17.2 Å². The monoisotopic (exact) mass is 1260 g/mol. The molecule has 0 aliphatic rings. The molecule has 3 heterocycles. The molecule has 0 saturated heterocycles. The fourth-order valence-corrected chi connectivity index (χ4v) is 9.88. The third-order valence-corrected chi connectivity index (χ3v) is 15.0. The summed E-state index contributed by atoms with van der Waals surface area (Å²) in [4.78, 5) is 159. The van der Waals surface area contributed by atoms with E-state index in [9.17, 15) is 58.2 Å². The molecule has 91 heavy (non-hydrogen) atoms. The summed E-state index contributed by atoms with van der Waals surface area (Å²) < 4.78 is 1.09. The molecule has 0 aliphatic heterocycles. The highest BCUT2D eigenvalue weighted by atomic mass is 16.3. The second-order valence-corrected chi connectivity index (χ2v) is 23.4. The number of aliphatic hydroxyl groups is 1. The molecule has 0 saturated carbocycles. The van der Waals surface area contributed by atoms with Crippen LogP contribution in [0.1, 0.15) is 89.6 Å². The topological polar surface area (TPSA) is 460 Å². The van der Waals surface area contributed by atoms with Crippen LogP contribution >= 0.6 is 0 Å². The second-order valence-electron chi connectivity index (χ2n) is 23.4. The number of aromatic hydroxyl groups is 1. The number of aryl methyl sites for hydroxylation is 1. The van der Waals surface area contributed by atoms with Crippen LogP contribution in [0.4, 0.5) is 0 Å². The summed E-state index contributed by atoms with van der Waals surface area (Å²) in [5.74, 6) is -8.98. The van der Waals surface area contributed by atoms with Crippen LogP contribution in [-0.2, 0) is 69.0 Å². The van der Waals surface area contributed by atoms with Gasteiger partial charge in [0.25, 0.3) is 5.56 Å². The maximum Gasteiger partial charge on any atom is 0.261 e. The minimum atomic E-state index is -1.74. The van der Waals surface area contributed by atoms with E-state index in [1.807, 2.05) is 6.07 Å². The van der Waals surface area contributed by atoms with Gasteiger partial charge in [0, 0.05) is 54.8 Å². The smallest absolute Gasteiger partial charge is 0.261 e. The normalized spacial score (nSPS) is 14.3. The van der Waals surface area contributed by atoms with E-state index >= 15 is 0 Å². The highest BCUT2D eigenvalue weighted by Crippen LogP contribution is 2.21. The van der Waals surface area contributed by atoms with Gasteiger partial charge in [0.15, 0.2) is 5.96 Å². The fourth-order valence-electron chi connectivity index (χ4n) is 9.88. The molecule has 9 atom stereocenters. The molecule has 6 aromatic rings. The predicted molar refractivity (Wildman–Crippen MR) is 338 cm³/mol. The number of imidazole rings is 1. The Morgan fingerprint density at radius 1 is 0.659 bits per heavy atom. The van der Waals surface area contributed by atoms with Gasteiger partial charge in [-0.2, -0.15) is 0 Å². The first-order chi connectivity index (χ1) is 43.1. The maximum absolute atomic E-state index is 14.8. The number of aliphatic hydroxyl groups excluding tert-OH is 1. The standard InChI is InChI=1S/C62H83N17O12/c1-32(2)21-46(55(85)77-50(26-51(63)82)58(88)75-48(24-38-27-68-43-12-9-8-11-41(38)43)59(89)78-53(33(3)4)60(90)71-35(6)36(7)80)73-56(86)47(23-37-15-17-40(81)18-16-37)74-57(87)49(25-39-28-66-30-69-39)76-54(84)45(13-10-20-67-62(64)65)72-52(83)29-79-31-70-44-19-14-34(5)22-42(44)61(79)91/h8-9,11-12,14-19,22,27-28,30-33,35-36,45-50,53,68,80-81H,10,13,20-21,23-26,29H2,1-7H3,(H2,63,82)(H,66,69)(H,71,90)(H,72,83)(H,73,86)(H,74,87)(H,75,88)(H,76,84)(H,77,85)(H,78,89)(H4,64,65,67)/t35-,36-,45+,46+,47+,48+,49+,50+,53+/m1/s1. The zero-order valence-electron chi connectivity index (χ0n) is 51.9. The summed E-state index contributed by atoms with van der Waals surface area (Å²) in [6, 6.07) is 7.18. The van der Waals surface area contributed by atoms with E-state index in [0.717, 1.165) is 21.0 Å². The number of fused-ring (bicyclic) bond motifs is 2. The molecule has 0 fully saturated rings. The van der Waals surface area contributed by atoms with Gasteiger partial charge in [-0.15, -0.1) is 0 Å². The van der Waals surface area contributed by atoms with Gasteiger partial charge >= 0.3 is 0 Å². The van der Waals surface area contributed by atoms with Crippen LogP contribution in [-0.4, -0.2) is 155 Å². The number of guanidine groups is 1. The quantitative estimate of drug-likeness (QED) is 0.0137. The molecule has 0 radical (unpaired) electrons. The zero-order valence-corrected chi connectivity index (χ0v) is 51.9. The minimum Gasteiger partial charge on any atom is -0.508 e. The number of aliphatic imine (C=N–C) groups is 1. The van der Waals surface area contributed by atoms with Crippen molar-refractivity contribution in [3.05, 3.63) is 125 Å². The number of hydrogen-bond donors (Lipinski definition) is 15. The first kappa shape index (κ1) is 69.9. The predicted octanol–water partition coefficient (Wildman–Crippen LogP) is -0.747. The number of rotatable bonds is 33. The molecule has 6 rings (SSSR count). The summed E-state index contributed by atoms with van der Waals surface area (Å²) in [6.07, 6.45) is 3.32. The van der Waals surface area contributed by atoms with Crippen molar-refractivity contribution in [3.8, 4) is 5.75 Å². The Balaban J connectivity index is 1.26. The Morgan fingerprint density at radius 2 is 1.26 bits per heavy atom. The highest BCUT2D eigenvalue weighted by Gasteiger charge is 2.36. The average Bonchev–Trinajstić information content (AvgIpc) is 1.22. The van der Waals surface area contributed by atoms with Crippen LogP contribution in [0.5, 0.6) is 5.75 Å². The van der Waals surface area contributed by atoms with Crippen molar-refractivity contribution in [3.63, 3.8) is 0 Å². The van der Waals surface area contributed by atoms with Crippen LogP contribution in [0.15, 0.2) is 102 Å². The fraction of sp³-hybridized carbons (Fsp3) is 0.435. The first-order valence-electron chi connectivity index (χ1n) is 29.9. The van der Waals surface area contributed by atoms with Gasteiger partial charge in [-0.1, -0.05) is 69.7 Å². The number of para-hydroxylation sites is 1. The highest BCUT2D eigenvalue weighted by molar-refractivity contribution is 5.99. The van der Waals surface area contributed by atoms with Gasteiger partial charge in [0.2, 0.25) is 53.2 Å². The molecule has 0 unspecified atom stereocenters. The van der Waals surface area contributed by atoms with Gasteiger partial charge in [-0.05, 0) is 93.3 Å². The number of H-pyrrole nitrogens is 2. The number of phenols is 1. The Morgan fingerprint density at radius 3 is 1.89 bits per heavy atom. The molecule has 0 spiro atoms. The van der Waals surface area contributed by atoms with Crippen LogP contribution in [0, 0.1) is 18.8 Å². The molecule has 9 amide bonds.